The number of nitrogens with zero attached hydrogens (tertiary/aromatic N) is 1. The highest BCUT2D eigenvalue weighted by Crippen LogP contribution is 2.19. The van der Waals surface area contributed by atoms with E-state index < -0.39 is 0 Å². The number of carbonyl (C=O) groups excluding carboxylic acids is 1. The molecule has 1 saturated heterocycles. The molecule has 1 heterocycles. The van der Waals surface area contributed by atoms with Crippen LogP contribution in [0.4, 0.5) is 0 Å². The number of hydrogen-bond acceptors (Lipinski definition) is 2. The molecule has 2 rings (SSSR count). The van der Waals surface area contributed by atoms with Crippen LogP contribution in [0.15, 0.2) is 36.9 Å². The fourth-order valence-electron chi connectivity index (χ4n) is 2.47. The second-order valence-electron chi connectivity index (χ2n) is 5.12. The Labute approximate surface area is 119 Å². The van der Waals surface area contributed by atoms with Gasteiger partial charge in [0.25, 0.3) is 0 Å². The van der Waals surface area contributed by atoms with Crippen LogP contribution in [0.5, 0.6) is 0 Å². The molecule has 1 N–H and O–H groups in total. The summed E-state index contributed by atoms with van der Waals surface area (Å²) >= 11 is 5.88. The fourth-order valence-corrected chi connectivity index (χ4v) is 2.60. The third kappa shape index (κ3) is 3.82. The second-order valence-corrected chi connectivity index (χ2v) is 5.55. The van der Waals surface area contributed by atoms with Crippen LogP contribution in [0.3, 0.4) is 0 Å². The number of carbonyl (C=O) groups is 1. The molecule has 102 valence electrons. The first-order valence-electron chi connectivity index (χ1n) is 6.48. The Morgan fingerprint density at radius 2 is 2.16 bits per heavy atom. The van der Waals surface area contributed by atoms with Crippen LogP contribution in [0.1, 0.15) is 12.5 Å². The molecular weight excluding hydrogens is 260 g/mol. The average Bonchev–Trinajstić information content (AvgIpc) is 2.72. The van der Waals surface area contributed by atoms with E-state index >= 15 is 0 Å². The van der Waals surface area contributed by atoms with Crippen molar-refractivity contribution in [2.24, 2.45) is 5.92 Å². The Kier molecular flexibility index (Phi) is 4.61. The zero-order valence-electron chi connectivity index (χ0n) is 11.1. The van der Waals surface area contributed by atoms with E-state index in [1.165, 1.54) is 11.6 Å². The van der Waals surface area contributed by atoms with Crippen molar-refractivity contribution in [2.75, 3.05) is 13.1 Å². The van der Waals surface area contributed by atoms with Crippen molar-refractivity contribution >= 4 is 17.5 Å². The molecule has 1 aliphatic heterocycles. The molecule has 4 heteroatoms. The Morgan fingerprint density at radius 1 is 1.47 bits per heavy atom. The van der Waals surface area contributed by atoms with E-state index in [1.807, 2.05) is 24.3 Å². The first-order valence-corrected chi connectivity index (χ1v) is 6.86. The number of amides is 1. The topological polar surface area (TPSA) is 32.3 Å². The lowest BCUT2D eigenvalue weighted by atomic mass is 10.1. The summed E-state index contributed by atoms with van der Waals surface area (Å²) in [5.41, 5.74) is 1.24. The highest BCUT2D eigenvalue weighted by molar-refractivity contribution is 6.30. The van der Waals surface area contributed by atoms with Crippen LogP contribution in [-0.4, -0.2) is 29.9 Å². The highest BCUT2D eigenvalue weighted by atomic mass is 35.5. The van der Waals surface area contributed by atoms with Crippen LogP contribution < -0.4 is 5.32 Å². The van der Waals surface area contributed by atoms with Gasteiger partial charge in [0.2, 0.25) is 5.91 Å². The maximum Gasteiger partial charge on any atom is 0.243 e. The minimum Gasteiger partial charge on any atom is -0.348 e. The van der Waals surface area contributed by atoms with E-state index in [-0.39, 0.29) is 11.9 Å². The number of rotatable bonds is 4. The first-order chi connectivity index (χ1) is 9.08. The molecule has 0 aliphatic carbocycles. The lowest BCUT2D eigenvalue weighted by Crippen LogP contribution is -2.38. The average molecular weight is 279 g/mol. The third-order valence-electron chi connectivity index (χ3n) is 3.52. The molecule has 1 aromatic carbocycles. The second kappa shape index (κ2) is 6.22. The summed E-state index contributed by atoms with van der Waals surface area (Å²) in [6, 6.07) is 8.12. The van der Waals surface area contributed by atoms with Crippen LogP contribution in [0.25, 0.3) is 0 Å². The number of likely N-dealkylation sites (tertiary alicyclic amines) is 1. The van der Waals surface area contributed by atoms with Crippen LogP contribution >= 0.6 is 11.6 Å². The molecule has 0 spiro atoms. The predicted octanol–water partition coefficient (Wildman–Crippen LogP) is 2.46. The Balaban J connectivity index is 1.91. The van der Waals surface area contributed by atoms with Gasteiger partial charge in [0.05, 0.1) is 0 Å². The largest absolute Gasteiger partial charge is 0.348 e. The quantitative estimate of drug-likeness (QED) is 0.858. The number of nitrogens with one attached hydrogen (secondary N) is 1. The Morgan fingerprint density at radius 3 is 2.79 bits per heavy atom. The monoisotopic (exact) mass is 278 g/mol. The zero-order valence-corrected chi connectivity index (χ0v) is 11.9. The van der Waals surface area contributed by atoms with Crippen molar-refractivity contribution in [3.8, 4) is 0 Å². The molecule has 0 radical (unpaired) electrons. The fraction of sp³-hybridized carbons (Fsp3) is 0.400. The van der Waals surface area contributed by atoms with E-state index in [9.17, 15) is 4.79 Å². The molecule has 1 fully saturated rings. The highest BCUT2D eigenvalue weighted by Gasteiger charge is 2.29. The van der Waals surface area contributed by atoms with E-state index in [1.54, 1.807) is 0 Å². The Bertz CT molecular complexity index is 458. The molecule has 1 aliphatic rings. The minimum absolute atomic E-state index is 0.0924. The lowest BCUT2D eigenvalue weighted by Gasteiger charge is -2.16. The molecule has 2 atom stereocenters. The van der Waals surface area contributed by atoms with Gasteiger partial charge >= 0.3 is 0 Å². The van der Waals surface area contributed by atoms with E-state index in [2.05, 4.69) is 23.7 Å². The summed E-state index contributed by atoms with van der Waals surface area (Å²) in [7, 11) is 0. The van der Waals surface area contributed by atoms with Gasteiger partial charge in [-0.05, 0) is 29.7 Å². The van der Waals surface area contributed by atoms with Gasteiger partial charge in [-0.25, -0.2) is 0 Å². The molecule has 1 aromatic rings. The normalized spacial score (nSPS) is 23.3. The third-order valence-corrected chi connectivity index (χ3v) is 3.77. The zero-order chi connectivity index (χ0) is 13.8. The van der Waals surface area contributed by atoms with Crippen molar-refractivity contribution in [2.45, 2.75) is 19.5 Å². The van der Waals surface area contributed by atoms with Crippen LogP contribution in [0, 0.1) is 5.92 Å². The van der Waals surface area contributed by atoms with Gasteiger partial charge in [0.1, 0.15) is 0 Å². The van der Waals surface area contributed by atoms with Gasteiger partial charge in [0.15, 0.2) is 0 Å². The van der Waals surface area contributed by atoms with Gasteiger partial charge in [-0.1, -0.05) is 37.2 Å². The maximum absolute atomic E-state index is 11.4. The molecule has 1 unspecified atom stereocenters. The number of hydrogen-bond donors (Lipinski definition) is 1. The minimum atomic E-state index is -0.0924. The van der Waals surface area contributed by atoms with Gasteiger partial charge in [-0.2, -0.15) is 0 Å². The van der Waals surface area contributed by atoms with Crippen molar-refractivity contribution in [1.82, 2.24) is 10.2 Å². The molecule has 3 nitrogen and oxygen atoms in total. The summed E-state index contributed by atoms with van der Waals surface area (Å²) in [6.07, 6.45) is 1.33. The number of benzene rings is 1. The first kappa shape index (κ1) is 14.1. The van der Waals surface area contributed by atoms with Crippen molar-refractivity contribution in [3.05, 3.63) is 47.5 Å². The van der Waals surface area contributed by atoms with Gasteiger partial charge in [0, 0.05) is 30.7 Å². The van der Waals surface area contributed by atoms with Gasteiger partial charge in [-0.3, -0.25) is 9.69 Å². The van der Waals surface area contributed by atoms with Crippen molar-refractivity contribution < 1.29 is 4.79 Å². The summed E-state index contributed by atoms with van der Waals surface area (Å²) in [5.74, 6) is 0.362. The van der Waals surface area contributed by atoms with Crippen LogP contribution in [-0.2, 0) is 11.3 Å². The molecular formula is C15H19ClN2O. The maximum atomic E-state index is 11.4. The molecule has 0 bridgehead atoms. The number of halogens is 1. The Hall–Kier alpha value is -1.32. The van der Waals surface area contributed by atoms with Crippen molar-refractivity contribution in [3.63, 3.8) is 0 Å². The smallest absolute Gasteiger partial charge is 0.243 e. The van der Waals surface area contributed by atoms with Gasteiger partial charge < -0.3 is 5.32 Å². The van der Waals surface area contributed by atoms with Crippen molar-refractivity contribution in [1.29, 1.82) is 0 Å². The summed E-state index contributed by atoms with van der Waals surface area (Å²) in [4.78, 5) is 13.7. The van der Waals surface area contributed by atoms with E-state index in [0.29, 0.717) is 5.92 Å². The van der Waals surface area contributed by atoms with Gasteiger partial charge in [-0.15, -0.1) is 0 Å². The summed E-state index contributed by atoms with van der Waals surface area (Å²) in [5, 5.41) is 3.74. The predicted molar refractivity (Wildman–Crippen MR) is 78.0 cm³/mol. The summed E-state index contributed by atoms with van der Waals surface area (Å²) in [6.45, 7) is 8.41. The lowest BCUT2D eigenvalue weighted by molar-refractivity contribution is -0.117. The van der Waals surface area contributed by atoms with Crippen LogP contribution in [0.2, 0.25) is 5.02 Å². The standard InChI is InChI=1S/C15H19ClN2O/c1-3-15(19)17-14-10-18(8-11(14)2)9-12-4-6-13(16)7-5-12/h3-7,11,14H,1,8-10H2,2H3,(H,17,19)/t11?,14-/m1/s1. The molecule has 19 heavy (non-hydrogen) atoms. The molecule has 1 amide bonds. The summed E-state index contributed by atoms with van der Waals surface area (Å²) < 4.78 is 0. The molecule has 0 saturated carbocycles. The molecule has 0 aromatic heterocycles. The SMILES string of the molecule is C=CC(=O)N[C@@H]1CN(Cc2ccc(Cl)cc2)CC1C. The van der Waals surface area contributed by atoms with E-state index in [0.717, 1.165) is 24.7 Å². The van der Waals surface area contributed by atoms with E-state index in [4.69, 9.17) is 11.6 Å².